The zero-order valence-electron chi connectivity index (χ0n) is 4.27. The Balaban J connectivity index is 0. The van der Waals surface area contributed by atoms with E-state index in [0.29, 0.717) is 6.42 Å². The SMILES string of the molecule is CCC=O.CN. The molecule has 0 heterocycles. The van der Waals surface area contributed by atoms with Gasteiger partial charge in [-0.05, 0) is 7.05 Å². The summed E-state index contributed by atoms with van der Waals surface area (Å²) in [6.45, 7) is 1.81. The lowest BCUT2D eigenvalue weighted by molar-refractivity contribution is -0.107. The highest BCUT2D eigenvalue weighted by atomic mass is 16.1. The molecule has 0 aromatic carbocycles. The molecule has 0 unspecified atom stereocenters. The molecule has 0 aliphatic rings. The van der Waals surface area contributed by atoms with Gasteiger partial charge in [0.1, 0.15) is 6.29 Å². The molecular weight excluding hydrogens is 78.1 g/mol. The molecule has 0 aliphatic heterocycles. The Labute approximate surface area is 38.3 Å². The number of hydrogen-bond acceptors (Lipinski definition) is 2. The lowest BCUT2D eigenvalue weighted by Gasteiger charge is -1.51. The van der Waals surface area contributed by atoms with E-state index in [9.17, 15) is 4.79 Å². The Kier molecular flexibility index (Phi) is 35.1. The topological polar surface area (TPSA) is 43.1 Å². The summed E-state index contributed by atoms with van der Waals surface area (Å²) in [5, 5.41) is 0. The summed E-state index contributed by atoms with van der Waals surface area (Å²) in [5.74, 6) is 0. The van der Waals surface area contributed by atoms with Gasteiger partial charge in [-0.25, -0.2) is 0 Å². The molecule has 0 aromatic rings. The molecule has 0 aliphatic carbocycles. The van der Waals surface area contributed by atoms with Crippen LogP contribution in [-0.4, -0.2) is 13.3 Å². The maximum absolute atomic E-state index is 9.17. The molecule has 6 heavy (non-hydrogen) atoms. The first-order valence-corrected chi connectivity index (χ1v) is 1.93. The van der Waals surface area contributed by atoms with E-state index in [-0.39, 0.29) is 0 Å². The highest BCUT2D eigenvalue weighted by molar-refractivity contribution is 5.48. The fraction of sp³-hybridized carbons (Fsp3) is 0.750. The molecule has 0 saturated carbocycles. The minimum absolute atomic E-state index is 0.639. The third-order valence-electron chi connectivity index (χ3n) is 0.167. The molecule has 0 rings (SSSR count). The lowest BCUT2D eigenvalue weighted by atomic mass is 10.6. The second-order valence-corrected chi connectivity index (χ2v) is 0.575. The van der Waals surface area contributed by atoms with E-state index in [1.807, 2.05) is 6.92 Å². The van der Waals surface area contributed by atoms with E-state index in [1.54, 1.807) is 0 Å². The van der Waals surface area contributed by atoms with Gasteiger partial charge in [-0.2, -0.15) is 0 Å². The van der Waals surface area contributed by atoms with Crippen LogP contribution in [0, 0.1) is 0 Å². The zero-order chi connectivity index (χ0) is 5.41. The second kappa shape index (κ2) is 23.0. The van der Waals surface area contributed by atoms with Crippen LogP contribution in [-0.2, 0) is 4.79 Å². The first-order chi connectivity index (χ1) is 2.91. The predicted molar refractivity (Wildman–Crippen MR) is 26.5 cm³/mol. The molecular formula is C4H11NO. The molecule has 2 N–H and O–H groups in total. The molecule has 38 valence electrons. The minimum atomic E-state index is 0.639. The van der Waals surface area contributed by atoms with Gasteiger partial charge in [-0.3, -0.25) is 0 Å². The van der Waals surface area contributed by atoms with Gasteiger partial charge in [0.2, 0.25) is 0 Å². The number of carbonyl (C=O) groups excluding carboxylic acids is 1. The van der Waals surface area contributed by atoms with Crippen molar-refractivity contribution >= 4 is 6.29 Å². The molecule has 0 aromatic heterocycles. The van der Waals surface area contributed by atoms with Gasteiger partial charge in [0.15, 0.2) is 0 Å². The summed E-state index contributed by atoms with van der Waals surface area (Å²) in [5.41, 5.74) is 4.50. The number of rotatable bonds is 1. The fourth-order valence-corrected chi connectivity index (χ4v) is 0. The van der Waals surface area contributed by atoms with Crippen LogP contribution >= 0.6 is 0 Å². The van der Waals surface area contributed by atoms with Crippen LogP contribution in [0.25, 0.3) is 0 Å². The Morgan fingerprint density at radius 2 is 1.83 bits per heavy atom. The minimum Gasteiger partial charge on any atom is -0.333 e. The Morgan fingerprint density at radius 1 is 1.67 bits per heavy atom. The predicted octanol–water partition coefficient (Wildman–Crippen LogP) is 0.170. The van der Waals surface area contributed by atoms with E-state index in [0.717, 1.165) is 6.29 Å². The van der Waals surface area contributed by atoms with Crippen molar-refractivity contribution in [2.24, 2.45) is 5.73 Å². The fourth-order valence-electron chi connectivity index (χ4n) is 0. The Morgan fingerprint density at radius 3 is 1.83 bits per heavy atom. The van der Waals surface area contributed by atoms with Crippen molar-refractivity contribution in [2.45, 2.75) is 13.3 Å². The Hall–Kier alpha value is -0.370. The number of hydrogen-bond donors (Lipinski definition) is 1. The van der Waals surface area contributed by atoms with Crippen LogP contribution in [0.3, 0.4) is 0 Å². The van der Waals surface area contributed by atoms with E-state index in [1.165, 1.54) is 7.05 Å². The van der Waals surface area contributed by atoms with Gasteiger partial charge >= 0.3 is 0 Å². The normalized spacial score (nSPS) is 5.17. The van der Waals surface area contributed by atoms with Gasteiger partial charge in [-0.15, -0.1) is 0 Å². The van der Waals surface area contributed by atoms with Crippen molar-refractivity contribution in [2.75, 3.05) is 7.05 Å². The summed E-state index contributed by atoms with van der Waals surface area (Å²) in [6.07, 6.45) is 1.51. The monoisotopic (exact) mass is 89.1 g/mol. The van der Waals surface area contributed by atoms with E-state index in [2.05, 4.69) is 5.73 Å². The number of aldehydes is 1. The summed E-state index contributed by atoms with van der Waals surface area (Å²) >= 11 is 0. The van der Waals surface area contributed by atoms with Crippen LogP contribution in [0.15, 0.2) is 0 Å². The van der Waals surface area contributed by atoms with Gasteiger partial charge in [-0.1, -0.05) is 6.92 Å². The molecule has 0 spiro atoms. The zero-order valence-corrected chi connectivity index (χ0v) is 4.27. The standard InChI is InChI=1S/C3H6O.CH5N/c1-2-3-4;1-2/h3H,2H2,1H3;2H2,1H3. The maximum Gasteiger partial charge on any atom is 0.119 e. The molecule has 0 atom stereocenters. The lowest BCUT2D eigenvalue weighted by Crippen LogP contribution is -1.69. The highest BCUT2D eigenvalue weighted by Crippen LogP contribution is 1.53. The first-order valence-electron chi connectivity index (χ1n) is 1.93. The quantitative estimate of drug-likeness (QED) is 0.465. The Bertz CT molecular complexity index is 21.5. The number of carbonyl (C=O) groups is 1. The molecule has 0 bridgehead atoms. The van der Waals surface area contributed by atoms with Crippen molar-refractivity contribution in [3.63, 3.8) is 0 Å². The van der Waals surface area contributed by atoms with Gasteiger partial charge in [0.25, 0.3) is 0 Å². The van der Waals surface area contributed by atoms with Crippen molar-refractivity contribution < 1.29 is 4.79 Å². The third kappa shape index (κ3) is 63.3. The summed E-state index contributed by atoms with van der Waals surface area (Å²) in [7, 11) is 1.50. The summed E-state index contributed by atoms with van der Waals surface area (Å²) in [6, 6.07) is 0. The highest BCUT2D eigenvalue weighted by Gasteiger charge is 1.52. The molecule has 0 fully saturated rings. The van der Waals surface area contributed by atoms with Crippen molar-refractivity contribution in [1.29, 1.82) is 0 Å². The maximum atomic E-state index is 9.17. The van der Waals surface area contributed by atoms with Crippen molar-refractivity contribution in [1.82, 2.24) is 0 Å². The van der Waals surface area contributed by atoms with E-state index in [4.69, 9.17) is 0 Å². The van der Waals surface area contributed by atoms with Crippen LogP contribution in [0.2, 0.25) is 0 Å². The van der Waals surface area contributed by atoms with Crippen LogP contribution in [0.1, 0.15) is 13.3 Å². The second-order valence-electron chi connectivity index (χ2n) is 0.575. The summed E-state index contributed by atoms with van der Waals surface area (Å²) in [4.78, 5) is 9.17. The van der Waals surface area contributed by atoms with Crippen LogP contribution < -0.4 is 5.73 Å². The molecule has 0 saturated heterocycles. The van der Waals surface area contributed by atoms with Crippen molar-refractivity contribution in [3.05, 3.63) is 0 Å². The van der Waals surface area contributed by atoms with Crippen LogP contribution in [0.5, 0.6) is 0 Å². The first kappa shape index (κ1) is 9.16. The molecule has 0 amide bonds. The van der Waals surface area contributed by atoms with Gasteiger partial charge in [0.05, 0.1) is 0 Å². The smallest absolute Gasteiger partial charge is 0.119 e. The molecule has 2 heteroatoms. The van der Waals surface area contributed by atoms with Crippen LogP contribution in [0.4, 0.5) is 0 Å². The van der Waals surface area contributed by atoms with E-state index >= 15 is 0 Å². The summed E-state index contributed by atoms with van der Waals surface area (Å²) < 4.78 is 0. The average Bonchev–Trinajstić information content (AvgIpc) is 1.72. The average molecular weight is 89.1 g/mol. The third-order valence-corrected chi connectivity index (χ3v) is 0.167. The van der Waals surface area contributed by atoms with Gasteiger partial charge < -0.3 is 10.5 Å². The van der Waals surface area contributed by atoms with Gasteiger partial charge in [0, 0.05) is 6.42 Å². The van der Waals surface area contributed by atoms with E-state index < -0.39 is 0 Å². The largest absolute Gasteiger partial charge is 0.333 e. The molecule has 2 nitrogen and oxygen atoms in total. The molecule has 0 radical (unpaired) electrons. The van der Waals surface area contributed by atoms with Crippen molar-refractivity contribution in [3.8, 4) is 0 Å². The number of nitrogens with two attached hydrogens (primary N) is 1.